The summed E-state index contributed by atoms with van der Waals surface area (Å²) in [6.07, 6.45) is 0.896. The van der Waals surface area contributed by atoms with Crippen molar-refractivity contribution >= 4 is 104 Å². The maximum Gasteiger partial charge on any atom is 0.178 e. The first-order chi connectivity index (χ1) is 29.1. The average Bonchev–Trinajstić information content (AvgIpc) is 3.98. The molecule has 1 aliphatic carbocycles. The van der Waals surface area contributed by atoms with Crippen molar-refractivity contribution in [2.45, 2.75) is 26.2 Å². The van der Waals surface area contributed by atoms with Gasteiger partial charge in [0.05, 0.1) is 5.69 Å². The quantitative estimate of drug-likeness (QED) is 0.168. The minimum absolute atomic E-state index is 0.448. The van der Waals surface area contributed by atoms with Gasteiger partial charge in [0.15, 0.2) is 11.2 Å². The first-order valence-electron chi connectivity index (χ1n) is 20.7. The smallest absolute Gasteiger partial charge is 0.178 e. The van der Waals surface area contributed by atoms with Crippen LogP contribution in [0, 0.1) is 0 Å². The second kappa shape index (κ2) is 12.1. The van der Waals surface area contributed by atoms with Gasteiger partial charge >= 0.3 is 0 Å². The number of anilines is 3. The summed E-state index contributed by atoms with van der Waals surface area (Å²) in [6, 6.07) is 62.1. The predicted octanol–water partition coefficient (Wildman–Crippen LogP) is 16.3. The molecule has 0 radical (unpaired) electrons. The van der Waals surface area contributed by atoms with E-state index in [-0.39, 0.29) is 0 Å². The van der Waals surface area contributed by atoms with Crippen LogP contribution >= 0.6 is 0 Å². The number of benzene rings is 10. The Balaban J connectivity index is 1.07. The Morgan fingerprint density at radius 3 is 1.75 bits per heavy atom. The Bertz CT molecular complexity index is 3730. The third kappa shape index (κ3) is 4.53. The summed E-state index contributed by atoms with van der Waals surface area (Å²) < 4.78 is 14.2. The zero-order chi connectivity index (χ0) is 38.9. The Morgan fingerprint density at radius 2 is 1.00 bits per heavy atom. The van der Waals surface area contributed by atoms with Gasteiger partial charge < -0.3 is 13.7 Å². The largest absolute Gasteiger partial charge is 0.452 e. The van der Waals surface area contributed by atoms with Crippen LogP contribution in [0.15, 0.2) is 179 Å². The highest BCUT2D eigenvalue weighted by molar-refractivity contribution is 6.41. The van der Waals surface area contributed by atoms with Gasteiger partial charge in [-0.15, -0.1) is 0 Å². The molecule has 2 aromatic heterocycles. The van der Waals surface area contributed by atoms with Gasteiger partial charge in [0, 0.05) is 56.2 Å². The molecule has 10 aromatic carbocycles. The van der Waals surface area contributed by atoms with Crippen molar-refractivity contribution in [2.75, 3.05) is 4.90 Å². The zero-order valence-electron chi connectivity index (χ0n) is 32.7. The molecule has 278 valence electrons. The van der Waals surface area contributed by atoms with Crippen LogP contribution in [-0.2, 0) is 6.42 Å². The normalized spacial score (nSPS) is 12.7. The van der Waals surface area contributed by atoms with Crippen molar-refractivity contribution in [2.24, 2.45) is 0 Å². The summed E-state index contributed by atoms with van der Waals surface area (Å²) >= 11 is 0. The van der Waals surface area contributed by atoms with Crippen molar-refractivity contribution in [3.63, 3.8) is 0 Å². The van der Waals surface area contributed by atoms with E-state index in [1.165, 1.54) is 71.2 Å². The molecule has 1 aliphatic rings. The van der Waals surface area contributed by atoms with Gasteiger partial charge in [-0.2, -0.15) is 0 Å². The Labute approximate surface area is 340 Å². The number of furan rings is 2. The van der Waals surface area contributed by atoms with E-state index in [4.69, 9.17) is 8.83 Å². The molecule has 13 rings (SSSR count). The molecule has 0 N–H and O–H groups in total. The fourth-order valence-electron chi connectivity index (χ4n) is 10.3. The van der Waals surface area contributed by atoms with Gasteiger partial charge in [0.1, 0.15) is 11.2 Å². The molecule has 12 aromatic rings. The molecule has 0 unspecified atom stereocenters. The molecule has 0 saturated heterocycles. The first kappa shape index (κ1) is 32.7. The van der Waals surface area contributed by atoms with Gasteiger partial charge in [-0.1, -0.05) is 135 Å². The summed E-state index contributed by atoms with van der Waals surface area (Å²) in [5, 5.41) is 14.0. The molecule has 3 nitrogen and oxygen atoms in total. The van der Waals surface area contributed by atoms with Crippen LogP contribution in [0.1, 0.15) is 36.5 Å². The van der Waals surface area contributed by atoms with Gasteiger partial charge in [0.2, 0.25) is 0 Å². The summed E-state index contributed by atoms with van der Waals surface area (Å²) in [7, 11) is 0. The van der Waals surface area contributed by atoms with Gasteiger partial charge in [0.25, 0.3) is 0 Å². The number of hydrogen-bond donors (Lipinski definition) is 0. The Morgan fingerprint density at radius 1 is 0.424 bits per heavy atom. The van der Waals surface area contributed by atoms with E-state index >= 15 is 0 Å². The van der Waals surface area contributed by atoms with E-state index in [0.29, 0.717) is 5.92 Å². The molecular weight excluding hydrogens is 719 g/mol. The second-order valence-electron chi connectivity index (χ2n) is 16.5. The zero-order valence-corrected chi connectivity index (χ0v) is 32.7. The highest BCUT2D eigenvalue weighted by Gasteiger charge is 2.27. The SMILES string of the molecule is CC(C)c1ccc(N(c2ccc3c(c2)oc2c3ccc3c2oc2c3c3ccccc3c3c4ccccc4c4ccccc4c23)c2cccc3c2Cc2ccccc2-3)cc1. The average molecular weight is 756 g/mol. The van der Waals surface area contributed by atoms with Crippen molar-refractivity contribution < 1.29 is 8.83 Å². The van der Waals surface area contributed by atoms with Crippen LogP contribution in [0.3, 0.4) is 0 Å². The third-order valence-corrected chi connectivity index (χ3v) is 13.0. The van der Waals surface area contributed by atoms with Crippen LogP contribution in [-0.4, -0.2) is 0 Å². The molecular formula is C56H37NO2. The van der Waals surface area contributed by atoms with Crippen molar-refractivity contribution in [1.29, 1.82) is 0 Å². The van der Waals surface area contributed by atoms with E-state index in [1.807, 2.05) is 0 Å². The minimum Gasteiger partial charge on any atom is -0.452 e. The van der Waals surface area contributed by atoms with Crippen LogP contribution in [0.25, 0.3) is 98.1 Å². The van der Waals surface area contributed by atoms with E-state index in [1.54, 1.807) is 0 Å². The Hall–Kier alpha value is -7.36. The number of hydrogen-bond acceptors (Lipinski definition) is 3. The van der Waals surface area contributed by atoms with Crippen molar-refractivity contribution in [3.8, 4) is 11.1 Å². The van der Waals surface area contributed by atoms with E-state index in [9.17, 15) is 0 Å². The van der Waals surface area contributed by atoms with Crippen LogP contribution < -0.4 is 4.90 Å². The fraction of sp³-hybridized carbons (Fsp3) is 0.0714. The van der Waals surface area contributed by atoms with E-state index in [2.05, 4.69) is 189 Å². The van der Waals surface area contributed by atoms with Crippen LogP contribution in [0.2, 0.25) is 0 Å². The molecule has 2 heterocycles. The van der Waals surface area contributed by atoms with Crippen LogP contribution in [0.4, 0.5) is 17.1 Å². The predicted molar refractivity (Wildman–Crippen MR) is 248 cm³/mol. The van der Waals surface area contributed by atoms with Gasteiger partial charge in [-0.3, -0.25) is 0 Å². The highest BCUT2D eigenvalue weighted by atomic mass is 16.4. The fourth-order valence-corrected chi connectivity index (χ4v) is 10.3. The number of rotatable bonds is 4. The van der Waals surface area contributed by atoms with Gasteiger partial charge in [-0.05, 0) is 109 Å². The lowest BCUT2D eigenvalue weighted by Crippen LogP contribution is -2.12. The van der Waals surface area contributed by atoms with E-state index < -0.39 is 0 Å². The molecule has 0 spiro atoms. The highest BCUT2D eigenvalue weighted by Crippen LogP contribution is 2.50. The molecule has 0 amide bonds. The van der Waals surface area contributed by atoms with Gasteiger partial charge in [-0.25, -0.2) is 0 Å². The summed E-state index contributed by atoms with van der Waals surface area (Å²) in [4.78, 5) is 2.41. The topological polar surface area (TPSA) is 29.5 Å². The molecule has 0 fully saturated rings. The minimum atomic E-state index is 0.448. The molecule has 0 aliphatic heterocycles. The summed E-state index contributed by atoms with van der Waals surface area (Å²) in [5.41, 5.74) is 13.3. The van der Waals surface area contributed by atoms with Crippen LogP contribution in [0.5, 0.6) is 0 Å². The first-order valence-corrected chi connectivity index (χ1v) is 20.7. The maximum atomic E-state index is 7.20. The second-order valence-corrected chi connectivity index (χ2v) is 16.5. The van der Waals surface area contributed by atoms with E-state index in [0.717, 1.165) is 67.1 Å². The van der Waals surface area contributed by atoms with Crippen molar-refractivity contribution in [1.82, 2.24) is 0 Å². The monoisotopic (exact) mass is 755 g/mol. The lowest BCUT2D eigenvalue weighted by molar-refractivity contribution is 0.635. The molecule has 0 atom stereocenters. The summed E-state index contributed by atoms with van der Waals surface area (Å²) in [6.45, 7) is 4.50. The summed E-state index contributed by atoms with van der Waals surface area (Å²) in [5.74, 6) is 0.448. The number of fused-ring (bicyclic) bond motifs is 20. The Kier molecular flexibility index (Phi) is 6.69. The standard InChI is InChI=1S/C56H37NO2/c1-32(2)33-22-24-35(25-23-33)57(49-21-11-20-38-37-13-4-3-12-34(37)30-48(38)49)36-26-27-41-46-28-29-47-52-45-19-10-9-18-44(45)51-42-16-7-5-14-39(42)40-15-6-8-17-43(40)53(51)56(52)59-55(47)54(46)58-50(41)31-36/h3-29,31-32H,30H2,1-2H3. The lowest BCUT2D eigenvalue weighted by atomic mass is 9.89. The molecule has 59 heavy (non-hydrogen) atoms. The number of nitrogens with zero attached hydrogens (tertiary/aromatic N) is 1. The lowest BCUT2D eigenvalue weighted by Gasteiger charge is -2.28. The molecule has 0 bridgehead atoms. The third-order valence-electron chi connectivity index (χ3n) is 13.0. The molecule has 3 heteroatoms. The maximum absolute atomic E-state index is 7.20. The molecule has 0 saturated carbocycles. The van der Waals surface area contributed by atoms with Crippen molar-refractivity contribution in [3.05, 3.63) is 187 Å².